The molecule has 0 saturated carbocycles. The Labute approximate surface area is 120 Å². The summed E-state index contributed by atoms with van der Waals surface area (Å²) in [6.45, 7) is 3.82. The Balaban J connectivity index is 0.00000180. The van der Waals surface area contributed by atoms with Crippen LogP contribution in [0.4, 0.5) is 0 Å². The summed E-state index contributed by atoms with van der Waals surface area (Å²) in [5.74, 6) is -0.00366. The zero-order valence-corrected chi connectivity index (χ0v) is 12.5. The molecule has 2 amide bonds. The number of amides is 2. The molecule has 0 aromatic carbocycles. The van der Waals surface area contributed by atoms with Crippen LogP contribution in [0.2, 0.25) is 0 Å². The van der Waals surface area contributed by atoms with E-state index in [1.54, 1.807) is 11.9 Å². The van der Waals surface area contributed by atoms with E-state index in [9.17, 15) is 9.59 Å². The zero-order chi connectivity index (χ0) is 13.1. The number of carbonyl (C=O) groups is 2. The Morgan fingerprint density at radius 2 is 2.16 bits per heavy atom. The standard InChI is InChI=1S/C13H23N3O2.ClH/c1-9-11(4-3-6-14-9)15-13(18)10-5-7-16(2)12(17)8-10;/h9-11,14H,3-8H2,1-2H3,(H,15,18);1H. The summed E-state index contributed by atoms with van der Waals surface area (Å²) in [6.07, 6.45) is 3.27. The quantitative estimate of drug-likeness (QED) is 0.780. The van der Waals surface area contributed by atoms with Crippen LogP contribution in [0.1, 0.15) is 32.6 Å². The molecule has 0 radical (unpaired) electrons. The third-order valence-corrected chi connectivity index (χ3v) is 4.12. The van der Waals surface area contributed by atoms with Crippen LogP contribution in [0, 0.1) is 5.92 Å². The maximum atomic E-state index is 12.2. The van der Waals surface area contributed by atoms with Crippen LogP contribution in [-0.2, 0) is 9.59 Å². The van der Waals surface area contributed by atoms with Gasteiger partial charge in [0.15, 0.2) is 0 Å². The van der Waals surface area contributed by atoms with E-state index in [-0.39, 0.29) is 36.2 Å². The van der Waals surface area contributed by atoms with Gasteiger partial charge in [-0.2, -0.15) is 0 Å². The van der Waals surface area contributed by atoms with E-state index in [0.717, 1.165) is 25.8 Å². The van der Waals surface area contributed by atoms with Crippen LogP contribution in [0.25, 0.3) is 0 Å². The van der Waals surface area contributed by atoms with Crippen LogP contribution in [0.3, 0.4) is 0 Å². The van der Waals surface area contributed by atoms with Gasteiger partial charge in [0.05, 0.1) is 0 Å². The molecule has 5 nitrogen and oxygen atoms in total. The number of hydrogen-bond donors (Lipinski definition) is 2. The van der Waals surface area contributed by atoms with Crippen molar-refractivity contribution in [2.24, 2.45) is 5.92 Å². The lowest BCUT2D eigenvalue weighted by molar-refractivity contribution is -0.139. The summed E-state index contributed by atoms with van der Waals surface area (Å²) in [4.78, 5) is 25.5. The molecule has 0 aromatic heterocycles. The molecule has 2 heterocycles. The van der Waals surface area contributed by atoms with E-state index in [2.05, 4.69) is 17.6 Å². The highest BCUT2D eigenvalue weighted by atomic mass is 35.5. The number of likely N-dealkylation sites (tertiary alicyclic amines) is 1. The van der Waals surface area contributed by atoms with Crippen molar-refractivity contribution >= 4 is 24.2 Å². The van der Waals surface area contributed by atoms with Gasteiger partial charge >= 0.3 is 0 Å². The molecule has 0 spiro atoms. The molecule has 3 atom stereocenters. The number of piperidine rings is 2. The number of hydrogen-bond acceptors (Lipinski definition) is 3. The van der Waals surface area contributed by atoms with Crippen molar-refractivity contribution in [3.05, 3.63) is 0 Å². The Morgan fingerprint density at radius 3 is 2.79 bits per heavy atom. The van der Waals surface area contributed by atoms with Gasteiger partial charge in [0.1, 0.15) is 0 Å². The molecule has 2 aliphatic rings. The molecule has 6 heteroatoms. The lowest BCUT2D eigenvalue weighted by atomic mass is 9.93. The topological polar surface area (TPSA) is 61.4 Å². The van der Waals surface area contributed by atoms with E-state index in [4.69, 9.17) is 0 Å². The lowest BCUT2D eigenvalue weighted by Gasteiger charge is -2.33. The highest BCUT2D eigenvalue weighted by Crippen LogP contribution is 2.18. The molecular weight excluding hydrogens is 266 g/mol. The molecule has 0 aliphatic carbocycles. The van der Waals surface area contributed by atoms with E-state index in [1.165, 1.54) is 0 Å². The highest BCUT2D eigenvalue weighted by molar-refractivity contribution is 5.87. The largest absolute Gasteiger partial charge is 0.352 e. The molecule has 110 valence electrons. The molecule has 2 rings (SSSR count). The van der Waals surface area contributed by atoms with Gasteiger partial charge in [0.25, 0.3) is 0 Å². The van der Waals surface area contributed by atoms with E-state index in [0.29, 0.717) is 19.0 Å². The van der Waals surface area contributed by atoms with E-state index in [1.807, 2.05) is 0 Å². The first-order valence-corrected chi connectivity index (χ1v) is 6.85. The average molecular weight is 290 g/mol. The first-order chi connectivity index (χ1) is 8.58. The summed E-state index contributed by atoms with van der Waals surface area (Å²) >= 11 is 0. The summed E-state index contributed by atoms with van der Waals surface area (Å²) < 4.78 is 0. The smallest absolute Gasteiger partial charge is 0.223 e. The van der Waals surface area contributed by atoms with Crippen molar-refractivity contribution in [1.82, 2.24) is 15.5 Å². The maximum absolute atomic E-state index is 12.2. The van der Waals surface area contributed by atoms with Crippen LogP contribution >= 0.6 is 12.4 Å². The Morgan fingerprint density at radius 1 is 1.42 bits per heavy atom. The Hall–Kier alpha value is -0.810. The van der Waals surface area contributed by atoms with Crippen LogP contribution in [0.5, 0.6) is 0 Å². The predicted octanol–water partition coefficient (Wildman–Crippen LogP) is 0.533. The third-order valence-electron chi connectivity index (χ3n) is 4.12. The van der Waals surface area contributed by atoms with Gasteiger partial charge in [-0.05, 0) is 32.7 Å². The highest BCUT2D eigenvalue weighted by Gasteiger charge is 2.31. The zero-order valence-electron chi connectivity index (χ0n) is 11.6. The van der Waals surface area contributed by atoms with Gasteiger partial charge in [-0.3, -0.25) is 9.59 Å². The van der Waals surface area contributed by atoms with Gasteiger partial charge in [0.2, 0.25) is 11.8 Å². The second-order valence-corrected chi connectivity index (χ2v) is 5.51. The molecular formula is C13H24ClN3O2. The fourth-order valence-corrected chi connectivity index (χ4v) is 2.71. The number of nitrogens with one attached hydrogen (secondary N) is 2. The molecule has 0 aromatic rings. The van der Waals surface area contributed by atoms with Crippen molar-refractivity contribution in [1.29, 1.82) is 0 Å². The van der Waals surface area contributed by atoms with E-state index >= 15 is 0 Å². The molecule has 19 heavy (non-hydrogen) atoms. The van der Waals surface area contributed by atoms with E-state index < -0.39 is 0 Å². The number of halogens is 1. The minimum Gasteiger partial charge on any atom is -0.352 e. The molecule has 2 saturated heterocycles. The molecule has 2 fully saturated rings. The van der Waals surface area contributed by atoms with Crippen molar-refractivity contribution in [2.45, 2.75) is 44.7 Å². The monoisotopic (exact) mass is 289 g/mol. The van der Waals surface area contributed by atoms with Crippen molar-refractivity contribution < 1.29 is 9.59 Å². The van der Waals surface area contributed by atoms with Gasteiger partial charge < -0.3 is 15.5 Å². The summed E-state index contributed by atoms with van der Waals surface area (Å²) in [6, 6.07) is 0.533. The lowest BCUT2D eigenvalue weighted by Crippen LogP contribution is -2.54. The SMILES string of the molecule is CC1NCCCC1NC(=O)C1CCN(C)C(=O)C1.Cl. The van der Waals surface area contributed by atoms with Gasteiger partial charge in [-0.25, -0.2) is 0 Å². The Bertz CT molecular complexity index is 338. The first-order valence-electron chi connectivity index (χ1n) is 6.85. The fraction of sp³-hybridized carbons (Fsp3) is 0.846. The van der Waals surface area contributed by atoms with Crippen LogP contribution < -0.4 is 10.6 Å². The summed E-state index contributed by atoms with van der Waals surface area (Å²) in [7, 11) is 1.80. The summed E-state index contributed by atoms with van der Waals surface area (Å²) in [5.41, 5.74) is 0. The predicted molar refractivity (Wildman–Crippen MR) is 76.2 cm³/mol. The number of nitrogens with zero attached hydrogens (tertiary/aromatic N) is 1. The number of carbonyl (C=O) groups excluding carboxylic acids is 2. The van der Waals surface area contributed by atoms with Gasteiger partial charge in [-0.1, -0.05) is 0 Å². The number of rotatable bonds is 2. The molecule has 2 N–H and O–H groups in total. The van der Waals surface area contributed by atoms with Crippen molar-refractivity contribution in [3.8, 4) is 0 Å². The minimum atomic E-state index is -0.136. The van der Waals surface area contributed by atoms with Crippen molar-refractivity contribution in [2.75, 3.05) is 20.1 Å². The first kappa shape index (κ1) is 16.2. The Kier molecular flexibility index (Phi) is 6.07. The second kappa shape index (κ2) is 7.10. The molecule has 3 unspecified atom stereocenters. The second-order valence-electron chi connectivity index (χ2n) is 5.51. The van der Waals surface area contributed by atoms with Crippen molar-refractivity contribution in [3.63, 3.8) is 0 Å². The normalized spacial score (nSPS) is 31.6. The third kappa shape index (κ3) is 4.08. The van der Waals surface area contributed by atoms with Crippen LogP contribution in [0.15, 0.2) is 0 Å². The van der Waals surface area contributed by atoms with Gasteiger partial charge in [0, 0.05) is 38.0 Å². The minimum absolute atomic E-state index is 0. The fourth-order valence-electron chi connectivity index (χ4n) is 2.71. The average Bonchev–Trinajstić information content (AvgIpc) is 2.35. The summed E-state index contributed by atoms with van der Waals surface area (Å²) in [5, 5.41) is 6.47. The maximum Gasteiger partial charge on any atom is 0.223 e. The van der Waals surface area contributed by atoms with Crippen LogP contribution in [-0.4, -0.2) is 48.9 Å². The molecule has 2 aliphatic heterocycles. The molecule has 0 bridgehead atoms. The van der Waals surface area contributed by atoms with Gasteiger partial charge in [-0.15, -0.1) is 12.4 Å².